The van der Waals surface area contributed by atoms with Gasteiger partial charge in [-0.1, -0.05) is 30.4 Å². The van der Waals surface area contributed by atoms with Crippen LogP contribution in [0.25, 0.3) is 17.5 Å². The van der Waals surface area contributed by atoms with Gasteiger partial charge in [0.05, 0.1) is 12.0 Å². The second kappa shape index (κ2) is 8.03. The van der Waals surface area contributed by atoms with E-state index >= 15 is 0 Å². The first kappa shape index (κ1) is 19.0. The average molecular weight is 407 g/mol. The number of imidazole rings is 1. The molecule has 0 spiro atoms. The van der Waals surface area contributed by atoms with Gasteiger partial charge in [0.1, 0.15) is 0 Å². The Labute approximate surface area is 179 Å². The maximum Gasteiger partial charge on any atom is 0.255 e. The molecule has 2 heterocycles. The molecule has 4 aromatic rings. The van der Waals surface area contributed by atoms with Gasteiger partial charge in [-0.05, 0) is 60.4 Å². The third-order valence-corrected chi connectivity index (χ3v) is 5.60. The molecule has 0 saturated carbocycles. The topological polar surface area (TPSA) is 56.9 Å². The fraction of sp³-hybridized carbons (Fsp3) is 0.115. The van der Waals surface area contributed by atoms with Crippen LogP contribution >= 0.6 is 0 Å². The predicted octanol–water partition coefficient (Wildman–Crippen LogP) is 4.41. The molecule has 1 aliphatic rings. The number of ketones is 1. The van der Waals surface area contributed by atoms with Gasteiger partial charge in [-0.15, -0.1) is 0 Å². The Bertz CT molecular complexity index is 1340. The van der Waals surface area contributed by atoms with Crippen molar-refractivity contribution < 1.29 is 4.79 Å². The number of nitrogens with zero attached hydrogens (tertiary/aromatic N) is 3. The lowest BCUT2D eigenvalue weighted by molar-refractivity contribution is 0.0982. The number of Topliss-reactive ketones (excluding diaryl/α,β-unsaturated/α-hetero) is 1. The van der Waals surface area contributed by atoms with Gasteiger partial charge in [0.25, 0.3) is 5.56 Å². The van der Waals surface area contributed by atoms with E-state index in [0.717, 1.165) is 34.6 Å². The van der Waals surface area contributed by atoms with Crippen molar-refractivity contribution >= 4 is 11.9 Å². The Morgan fingerprint density at radius 1 is 1.00 bits per heavy atom. The molecule has 0 saturated heterocycles. The van der Waals surface area contributed by atoms with Crippen LogP contribution in [0.5, 0.6) is 0 Å². The quantitative estimate of drug-likeness (QED) is 0.445. The summed E-state index contributed by atoms with van der Waals surface area (Å²) in [4.78, 5) is 29.0. The highest BCUT2D eigenvalue weighted by Gasteiger charge is 2.12. The standard InChI is InChI=1S/C26H21N3O2/c30-25(21-8-7-19-4-3-5-20(19)16-21)14-9-22-17-28(18-27-22)23-10-12-24(13-11-23)29-15-2-1-6-26(29)31/h1-3,5-8,10-13,15-18H,4,9,14H2. The fourth-order valence-corrected chi connectivity index (χ4v) is 3.87. The predicted molar refractivity (Wildman–Crippen MR) is 121 cm³/mol. The van der Waals surface area contributed by atoms with Crippen molar-refractivity contribution in [3.05, 3.63) is 118 Å². The summed E-state index contributed by atoms with van der Waals surface area (Å²) in [5.41, 5.74) is 5.75. The lowest BCUT2D eigenvalue weighted by Crippen LogP contribution is -2.15. The number of carbonyl (C=O) groups is 1. The number of hydrogen-bond acceptors (Lipinski definition) is 3. The van der Waals surface area contributed by atoms with Crippen LogP contribution in [0.4, 0.5) is 0 Å². The van der Waals surface area contributed by atoms with Crippen LogP contribution in [-0.2, 0) is 12.8 Å². The van der Waals surface area contributed by atoms with Crippen LogP contribution in [-0.4, -0.2) is 19.9 Å². The molecule has 0 amide bonds. The van der Waals surface area contributed by atoms with Gasteiger partial charge in [0.2, 0.25) is 0 Å². The summed E-state index contributed by atoms with van der Waals surface area (Å²) in [5.74, 6) is 0.135. The fourth-order valence-electron chi connectivity index (χ4n) is 3.87. The first-order valence-corrected chi connectivity index (χ1v) is 10.3. The first-order valence-electron chi connectivity index (χ1n) is 10.3. The van der Waals surface area contributed by atoms with Crippen molar-refractivity contribution in [2.24, 2.45) is 0 Å². The molecular formula is C26H21N3O2. The Hall–Kier alpha value is -3.99. The van der Waals surface area contributed by atoms with Gasteiger partial charge < -0.3 is 4.57 Å². The van der Waals surface area contributed by atoms with Crippen molar-refractivity contribution in [1.82, 2.24) is 14.1 Å². The number of aryl methyl sites for hydroxylation is 1. The highest BCUT2D eigenvalue weighted by atomic mass is 16.1. The molecule has 5 rings (SSSR count). The smallest absolute Gasteiger partial charge is 0.255 e. The van der Waals surface area contributed by atoms with Gasteiger partial charge in [-0.2, -0.15) is 0 Å². The molecule has 1 aliphatic carbocycles. The zero-order valence-electron chi connectivity index (χ0n) is 16.9. The van der Waals surface area contributed by atoms with Crippen LogP contribution in [0, 0.1) is 0 Å². The molecule has 5 heteroatoms. The molecule has 0 atom stereocenters. The second-order valence-corrected chi connectivity index (χ2v) is 7.64. The molecule has 0 bridgehead atoms. The minimum absolute atomic E-state index is 0.0655. The van der Waals surface area contributed by atoms with Crippen LogP contribution < -0.4 is 5.56 Å². The minimum atomic E-state index is -0.0655. The molecule has 0 aliphatic heterocycles. The molecule has 2 aromatic heterocycles. The Balaban J connectivity index is 1.26. The summed E-state index contributed by atoms with van der Waals surface area (Å²) in [6.45, 7) is 0. The molecule has 0 radical (unpaired) electrons. The molecule has 2 aromatic carbocycles. The Morgan fingerprint density at radius 3 is 2.68 bits per heavy atom. The molecule has 0 unspecified atom stereocenters. The van der Waals surface area contributed by atoms with Crippen LogP contribution in [0.1, 0.15) is 33.6 Å². The molecule has 31 heavy (non-hydrogen) atoms. The maximum atomic E-state index is 12.6. The lowest BCUT2D eigenvalue weighted by Gasteiger charge is -2.07. The van der Waals surface area contributed by atoms with Crippen molar-refractivity contribution in [2.45, 2.75) is 19.3 Å². The van der Waals surface area contributed by atoms with Crippen LogP contribution in [0.2, 0.25) is 0 Å². The summed E-state index contributed by atoms with van der Waals surface area (Å²) in [6.07, 6.45) is 11.6. The highest BCUT2D eigenvalue weighted by Crippen LogP contribution is 2.21. The number of aromatic nitrogens is 3. The van der Waals surface area contributed by atoms with Gasteiger partial charge in [-0.3, -0.25) is 14.2 Å². The highest BCUT2D eigenvalue weighted by molar-refractivity contribution is 5.97. The summed E-state index contributed by atoms with van der Waals surface area (Å²) in [5, 5.41) is 0. The van der Waals surface area contributed by atoms with E-state index in [1.165, 1.54) is 11.6 Å². The van der Waals surface area contributed by atoms with E-state index in [1.807, 2.05) is 59.3 Å². The van der Waals surface area contributed by atoms with E-state index in [2.05, 4.69) is 17.1 Å². The number of rotatable bonds is 6. The summed E-state index contributed by atoms with van der Waals surface area (Å²) in [7, 11) is 0. The van der Waals surface area contributed by atoms with Crippen LogP contribution in [0.3, 0.4) is 0 Å². The monoisotopic (exact) mass is 407 g/mol. The molecule has 5 nitrogen and oxygen atoms in total. The molecule has 0 fully saturated rings. The van der Waals surface area contributed by atoms with Crippen molar-refractivity contribution in [3.63, 3.8) is 0 Å². The second-order valence-electron chi connectivity index (χ2n) is 7.64. The number of fused-ring (bicyclic) bond motifs is 1. The number of hydrogen-bond donors (Lipinski definition) is 0. The van der Waals surface area contributed by atoms with E-state index < -0.39 is 0 Å². The number of allylic oxidation sites excluding steroid dienone is 1. The van der Waals surface area contributed by atoms with Crippen molar-refractivity contribution in [1.29, 1.82) is 0 Å². The third-order valence-electron chi connectivity index (χ3n) is 5.60. The summed E-state index contributed by atoms with van der Waals surface area (Å²) >= 11 is 0. The van der Waals surface area contributed by atoms with E-state index in [0.29, 0.717) is 12.8 Å². The minimum Gasteiger partial charge on any atom is -0.306 e. The average Bonchev–Trinajstić information content (AvgIpc) is 3.47. The van der Waals surface area contributed by atoms with E-state index in [1.54, 1.807) is 23.2 Å². The van der Waals surface area contributed by atoms with Crippen molar-refractivity contribution in [2.75, 3.05) is 0 Å². The van der Waals surface area contributed by atoms with E-state index in [-0.39, 0.29) is 11.3 Å². The number of pyridine rings is 1. The lowest BCUT2D eigenvalue weighted by atomic mass is 10.0. The van der Waals surface area contributed by atoms with Gasteiger partial charge in [-0.25, -0.2) is 4.98 Å². The molecule has 0 N–H and O–H groups in total. The summed E-state index contributed by atoms with van der Waals surface area (Å²) in [6, 6.07) is 18.8. The maximum absolute atomic E-state index is 12.6. The van der Waals surface area contributed by atoms with Gasteiger partial charge >= 0.3 is 0 Å². The number of carbonyl (C=O) groups excluding carboxylic acids is 1. The van der Waals surface area contributed by atoms with Crippen molar-refractivity contribution in [3.8, 4) is 11.4 Å². The zero-order valence-corrected chi connectivity index (χ0v) is 16.9. The van der Waals surface area contributed by atoms with Gasteiger partial charge in [0, 0.05) is 41.8 Å². The van der Waals surface area contributed by atoms with E-state index in [9.17, 15) is 9.59 Å². The SMILES string of the molecule is O=C(CCc1cn(-c2ccc(-n3ccccc3=O)cc2)cn1)c1ccc2c(c1)C=CC2. The molecular weight excluding hydrogens is 386 g/mol. The van der Waals surface area contributed by atoms with Gasteiger partial charge in [0.15, 0.2) is 5.78 Å². The number of benzene rings is 2. The Kier molecular flexibility index (Phi) is 4.92. The van der Waals surface area contributed by atoms with E-state index in [4.69, 9.17) is 0 Å². The Morgan fingerprint density at radius 2 is 1.84 bits per heavy atom. The first-order chi connectivity index (χ1) is 15.2. The normalized spacial score (nSPS) is 12.1. The molecule has 152 valence electrons. The third kappa shape index (κ3) is 3.90. The summed E-state index contributed by atoms with van der Waals surface area (Å²) < 4.78 is 3.53. The van der Waals surface area contributed by atoms with Crippen LogP contribution in [0.15, 0.2) is 90.3 Å². The zero-order chi connectivity index (χ0) is 21.2. The largest absolute Gasteiger partial charge is 0.306 e.